The Labute approximate surface area is 187 Å². The summed E-state index contributed by atoms with van der Waals surface area (Å²) < 4.78 is 0. The van der Waals surface area contributed by atoms with Crippen LogP contribution in [0.3, 0.4) is 0 Å². The van der Waals surface area contributed by atoms with E-state index in [0.717, 1.165) is 38.2 Å². The fourth-order valence-corrected chi connectivity index (χ4v) is 5.03. The second kappa shape index (κ2) is 10.8. The molecule has 6 heteroatoms. The number of nitrogens with one attached hydrogen (secondary N) is 1. The van der Waals surface area contributed by atoms with Gasteiger partial charge < -0.3 is 10.2 Å². The topological polar surface area (TPSA) is 34.1 Å². The molecule has 3 saturated heterocycles. The highest BCUT2D eigenvalue weighted by molar-refractivity contribution is 14.0. The lowest BCUT2D eigenvalue weighted by Gasteiger charge is -2.28. The molecule has 156 valence electrons. The van der Waals surface area contributed by atoms with Crippen molar-refractivity contribution in [1.29, 1.82) is 0 Å². The molecular formula is C22H36IN5. The normalized spacial score (nSPS) is 26.6. The number of aliphatic imine (C=N–C) groups is 1. The molecule has 28 heavy (non-hydrogen) atoms. The van der Waals surface area contributed by atoms with E-state index in [1.54, 1.807) is 0 Å². The van der Waals surface area contributed by atoms with Crippen LogP contribution in [0.25, 0.3) is 0 Å². The molecule has 0 bridgehead atoms. The van der Waals surface area contributed by atoms with Crippen molar-refractivity contribution in [2.45, 2.75) is 50.7 Å². The first-order chi connectivity index (χ1) is 13.3. The molecule has 2 unspecified atom stereocenters. The number of guanidine groups is 1. The van der Waals surface area contributed by atoms with E-state index < -0.39 is 0 Å². The second-order valence-corrected chi connectivity index (χ2v) is 8.31. The Kier molecular flexibility index (Phi) is 8.41. The van der Waals surface area contributed by atoms with Gasteiger partial charge in [-0.05, 0) is 57.3 Å². The Hall–Kier alpha value is -0.860. The van der Waals surface area contributed by atoms with E-state index in [1.165, 1.54) is 57.3 Å². The molecule has 0 aliphatic carbocycles. The summed E-state index contributed by atoms with van der Waals surface area (Å²) in [5.41, 5.74) is 1.42. The summed E-state index contributed by atoms with van der Waals surface area (Å²) in [6.45, 7) is 8.14. The zero-order valence-electron chi connectivity index (χ0n) is 17.2. The molecule has 1 aromatic carbocycles. The summed E-state index contributed by atoms with van der Waals surface area (Å²) in [5.74, 6) is 1.10. The minimum atomic E-state index is 0. The van der Waals surface area contributed by atoms with Crippen LogP contribution in [0.4, 0.5) is 0 Å². The van der Waals surface area contributed by atoms with Crippen molar-refractivity contribution in [3.8, 4) is 0 Å². The number of benzene rings is 1. The minimum Gasteiger partial charge on any atom is -0.355 e. The molecule has 3 fully saturated rings. The molecule has 2 atom stereocenters. The van der Waals surface area contributed by atoms with Gasteiger partial charge in [-0.15, -0.1) is 24.0 Å². The molecule has 0 radical (unpaired) electrons. The van der Waals surface area contributed by atoms with E-state index in [2.05, 4.69) is 55.3 Å². The van der Waals surface area contributed by atoms with Crippen LogP contribution < -0.4 is 5.32 Å². The van der Waals surface area contributed by atoms with E-state index in [0.29, 0.717) is 6.04 Å². The maximum absolute atomic E-state index is 4.60. The number of likely N-dealkylation sites (tertiary alicyclic amines) is 3. The SMILES string of the molecule is CN=C(NCC1CCCN1Cc1ccccc1)N1CCC(N2CCCC2)C1.I. The molecule has 0 amide bonds. The fourth-order valence-electron chi connectivity index (χ4n) is 5.03. The van der Waals surface area contributed by atoms with Gasteiger partial charge in [0, 0.05) is 45.3 Å². The maximum atomic E-state index is 4.60. The highest BCUT2D eigenvalue weighted by atomic mass is 127. The van der Waals surface area contributed by atoms with Gasteiger partial charge in [0.1, 0.15) is 0 Å². The van der Waals surface area contributed by atoms with E-state index in [9.17, 15) is 0 Å². The van der Waals surface area contributed by atoms with Gasteiger partial charge in [0.25, 0.3) is 0 Å². The maximum Gasteiger partial charge on any atom is 0.193 e. The van der Waals surface area contributed by atoms with Crippen LogP contribution in [0.2, 0.25) is 0 Å². The second-order valence-electron chi connectivity index (χ2n) is 8.31. The zero-order chi connectivity index (χ0) is 18.5. The summed E-state index contributed by atoms with van der Waals surface area (Å²) in [6, 6.07) is 12.2. The number of halogens is 1. The monoisotopic (exact) mass is 497 g/mol. The summed E-state index contributed by atoms with van der Waals surface area (Å²) in [7, 11) is 1.93. The average Bonchev–Trinajstić information content (AvgIpc) is 3.45. The zero-order valence-corrected chi connectivity index (χ0v) is 19.6. The third-order valence-electron chi connectivity index (χ3n) is 6.56. The third-order valence-corrected chi connectivity index (χ3v) is 6.56. The largest absolute Gasteiger partial charge is 0.355 e. The van der Waals surface area contributed by atoms with Crippen LogP contribution in [-0.2, 0) is 6.54 Å². The molecule has 1 aromatic rings. The number of rotatable bonds is 5. The minimum absolute atomic E-state index is 0. The molecule has 3 aliphatic heterocycles. The van der Waals surface area contributed by atoms with E-state index in [-0.39, 0.29) is 24.0 Å². The predicted octanol–water partition coefficient (Wildman–Crippen LogP) is 3.01. The lowest BCUT2D eigenvalue weighted by atomic mass is 10.2. The standard InChI is InChI=1S/C22H35N5.HI/c1-23-22(27-15-11-21(18-27)25-12-5-6-13-25)24-16-20-10-7-14-26(20)17-19-8-3-2-4-9-19;/h2-4,8-9,20-21H,5-7,10-18H2,1H3,(H,23,24);1H. The first-order valence-electron chi connectivity index (χ1n) is 10.8. The molecule has 0 saturated carbocycles. The van der Waals surface area contributed by atoms with Crippen LogP contribution in [-0.4, -0.2) is 79.1 Å². The summed E-state index contributed by atoms with van der Waals surface area (Å²) >= 11 is 0. The van der Waals surface area contributed by atoms with E-state index in [4.69, 9.17) is 0 Å². The van der Waals surface area contributed by atoms with Crippen LogP contribution in [0.1, 0.15) is 37.7 Å². The smallest absolute Gasteiger partial charge is 0.193 e. The Bertz CT molecular complexity index is 617. The van der Waals surface area contributed by atoms with E-state index >= 15 is 0 Å². The van der Waals surface area contributed by atoms with Gasteiger partial charge in [-0.3, -0.25) is 14.8 Å². The quantitative estimate of drug-likeness (QED) is 0.386. The molecule has 1 N–H and O–H groups in total. The van der Waals surface area contributed by atoms with Crippen molar-refractivity contribution >= 4 is 29.9 Å². The first-order valence-corrected chi connectivity index (χ1v) is 10.8. The molecule has 4 rings (SSSR count). The summed E-state index contributed by atoms with van der Waals surface area (Å²) in [6.07, 6.45) is 6.63. The first kappa shape index (κ1) is 21.8. The van der Waals surface area contributed by atoms with Crippen LogP contribution >= 0.6 is 24.0 Å². The van der Waals surface area contributed by atoms with Crippen LogP contribution in [0.5, 0.6) is 0 Å². The highest BCUT2D eigenvalue weighted by Crippen LogP contribution is 2.22. The predicted molar refractivity (Wildman–Crippen MR) is 127 cm³/mol. The highest BCUT2D eigenvalue weighted by Gasteiger charge is 2.31. The third kappa shape index (κ3) is 5.39. The fraction of sp³-hybridized carbons (Fsp3) is 0.682. The van der Waals surface area contributed by atoms with Crippen molar-refractivity contribution < 1.29 is 0 Å². The molecule has 0 spiro atoms. The number of hydrogen-bond donors (Lipinski definition) is 1. The van der Waals surface area contributed by atoms with Crippen molar-refractivity contribution in [3.05, 3.63) is 35.9 Å². The number of nitrogens with zero attached hydrogens (tertiary/aromatic N) is 4. The molecular weight excluding hydrogens is 461 g/mol. The molecule has 5 nitrogen and oxygen atoms in total. The van der Waals surface area contributed by atoms with Gasteiger partial charge in [0.15, 0.2) is 5.96 Å². The Balaban J connectivity index is 0.00000225. The van der Waals surface area contributed by atoms with Gasteiger partial charge in [-0.1, -0.05) is 30.3 Å². The molecule has 3 heterocycles. The van der Waals surface area contributed by atoms with Gasteiger partial charge in [-0.25, -0.2) is 0 Å². The Morgan fingerprint density at radius 3 is 2.57 bits per heavy atom. The molecule has 3 aliphatic rings. The van der Waals surface area contributed by atoms with Crippen molar-refractivity contribution in [2.24, 2.45) is 4.99 Å². The van der Waals surface area contributed by atoms with Crippen molar-refractivity contribution in [2.75, 3.05) is 46.3 Å². The number of hydrogen-bond acceptors (Lipinski definition) is 3. The van der Waals surface area contributed by atoms with Crippen molar-refractivity contribution in [1.82, 2.24) is 20.0 Å². The van der Waals surface area contributed by atoms with Gasteiger partial charge >= 0.3 is 0 Å². The van der Waals surface area contributed by atoms with Crippen LogP contribution in [0.15, 0.2) is 35.3 Å². The van der Waals surface area contributed by atoms with E-state index in [1.807, 2.05) is 7.05 Å². The van der Waals surface area contributed by atoms with Crippen molar-refractivity contribution in [3.63, 3.8) is 0 Å². The average molecular weight is 497 g/mol. The summed E-state index contributed by atoms with van der Waals surface area (Å²) in [4.78, 5) is 12.4. The van der Waals surface area contributed by atoms with Crippen LogP contribution in [0, 0.1) is 0 Å². The van der Waals surface area contributed by atoms with Gasteiger partial charge in [-0.2, -0.15) is 0 Å². The molecule has 0 aromatic heterocycles. The summed E-state index contributed by atoms with van der Waals surface area (Å²) in [5, 5.41) is 3.70. The lowest BCUT2D eigenvalue weighted by Crippen LogP contribution is -2.47. The Morgan fingerprint density at radius 1 is 1.04 bits per heavy atom. The van der Waals surface area contributed by atoms with Gasteiger partial charge in [0.2, 0.25) is 0 Å². The lowest BCUT2D eigenvalue weighted by molar-refractivity contribution is 0.240. The van der Waals surface area contributed by atoms with Gasteiger partial charge in [0.05, 0.1) is 0 Å². The Morgan fingerprint density at radius 2 is 1.82 bits per heavy atom.